The number of hydrogen-bond acceptors (Lipinski definition) is 5. The van der Waals surface area contributed by atoms with E-state index in [0.29, 0.717) is 11.6 Å². The van der Waals surface area contributed by atoms with Crippen molar-refractivity contribution in [2.45, 2.75) is 25.2 Å². The number of pyridine rings is 1. The number of aryl methyl sites for hydroxylation is 2. The van der Waals surface area contributed by atoms with Gasteiger partial charge in [-0.25, -0.2) is 4.98 Å². The van der Waals surface area contributed by atoms with Crippen molar-refractivity contribution in [3.63, 3.8) is 0 Å². The van der Waals surface area contributed by atoms with Crippen LogP contribution in [0.25, 0.3) is 11.4 Å². The second kappa shape index (κ2) is 8.27. The van der Waals surface area contributed by atoms with E-state index in [0.717, 1.165) is 17.1 Å². The van der Waals surface area contributed by atoms with E-state index >= 15 is 0 Å². The SMILES string of the molecule is Cc1ccc(SCCC(=O)Nc2nc(-c3ccccn3)cs2)cc1C. The third kappa shape index (κ3) is 4.90. The highest BCUT2D eigenvalue weighted by molar-refractivity contribution is 7.99. The zero-order valence-electron chi connectivity index (χ0n) is 14.2. The Balaban J connectivity index is 1.49. The van der Waals surface area contributed by atoms with Crippen LogP contribution in [0, 0.1) is 13.8 Å². The number of nitrogens with zero attached hydrogens (tertiary/aromatic N) is 2. The van der Waals surface area contributed by atoms with E-state index < -0.39 is 0 Å². The van der Waals surface area contributed by atoms with Gasteiger partial charge in [0.15, 0.2) is 5.13 Å². The lowest BCUT2D eigenvalue weighted by molar-refractivity contribution is -0.115. The van der Waals surface area contributed by atoms with Crippen molar-refractivity contribution >= 4 is 34.1 Å². The number of rotatable bonds is 6. The van der Waals surface area contributed by atoms with Crippen molar-refractivity contribution in [2.24, 2.45) is 0 Å². The molecule has 6 heteroatoms. The lowest BCUT2D eigenvalue weighted by Gasteiger charge is -2.05. The molecule has 0 bridgehead atoms. The maximum atomic E-state index is 12.1. The van der Waals surface area contributed by atoms with E-state index in [1.807, 2.05) is 23.6 Å². The molecule has 25 heavy (non-hydrogen) atoms. The molecule has 2 aromatic heterocycles. The van der Waals surface area contributed by atoms with Crippen molar-refractivity contribution in [1.82, 2.24) is 9.97 Å². The minimum atomic E-state index is -0.0155. The molecule has 3 rings (SSSR count). The van der Waals surface area contributed by atoms with Gasteiger partial charge in [0.25, 0.3) is 0 Å². The van der Waals surface area contributed by atoms with E-state index in [1.165, 1.54) is 27.4 Å². The third-order valence-electron chi connectivity index (χ3n) is 3.75. The van der Waals surface area contributed by atoms with Crippen molar-refractivity contribution in [3.05, 3.63) is 59.1 Å². The first kappa shape index (κ1) is 17.6. The molecule has 0 aliphatic heterocycles. The highest BCUT2D eigenvalue weighted by atomic mass is 32.2. The molecule has 0 spiro atoms. The number of amides is 1. The monoisotopic (exact) mass is 369 g/mol. The summed E-state index contributed by atoms with van der Waals surface area (Å²) in [6.45, 7) is 4.21. The first-order valence-corrected chi connectivity index (χ1v) is 9.85. The van der Waals surface area contributed by atoms with E-state index in [4.69, 9.17) is 0 Å². The maximum Gasteiger partial charge on any atom is 0.226 e. The summed E-state index contributed by atoms with van der Waals surface area (Å²) >= 11 is 3.11. The fourth-order valence-electron chi connectivity index (χ4n) is 2.21. The molecule has 0 fully saturated rings. The fraction of sp³-hybridized carbons (Fsp3) is 0.211. The van der Waals surface area contributed by atoms with Gasteiger partial charge in [-0.1, -0.05) is 12.1 Å². The molecule has 128 valence electrons. The number of carbonyl (C=O) groups excluding carboxylic acids is 1. The zero-order valence-corrected chi connectivity index (χ0v) is 15.8. The minimum absolute atomic E-state index is 0.0155. The van der Waals surface area contributed by atoms with Crippen LogP contribution in [0.15, 0.2) is 52.9 Å². The molecular weight excluding hydrogens is 350 g/mol. The van der Waals surface area contributed by atoms with Crippen LogP contribution < -0.4 is 5.32 Å². The van der Waals surface area contributed by atoms with Crippen LogP contribution in [0.1, 0.15) is 17.5 Å². The quantitative estimate of drug-likeness (QED) is 0.625. The summed E-state index contributed by atoms with van der Waals surface area (Å²) in [5, 5.41) is 5.38. The van der Waals surface area contributed by atoms with Gasteiger partial charge in [-0.05, 0) is 49.2 Å². The Morgan fingerprint density at radius 2 is 2.04 bits per heavy atom. The molecule has 4 nitrogen and oxygen atoms in total. The van der Waals surface area contributed by atoms with Crippen LogP contribution in [-0.4, -0.2) is 21.6 Å². The predicted molar refractivity (Wildman–Crippen MR) is 105 cm³/mol. The molecule has 0 saturated heterocycles. The van der Waals surface area contributed by atoms with Crippen LogP contribution in [0.5, 0.6) is 0 Å². The Hall–Kier alpha value is -2.18. The molecule has 0 atom stereocenters. The fourth-order valence-corrected chi connectivity index (χ4v) is 3.88. The summed E-state index contributed by atoms with van der Waals surface area (Å²) < 4.78 is 0. The molecule has 1 N–H and O–H groups in total. The van der Waals surface area contributed by atoms with Crippen molar-refractivity contribution < 1.29 is 4.79 Å². The summed E-state index contributed by atoms with van der Waals surface area (Å²) in [6.07, 6.45) is 2.19. The minimum Gasteiger partial charge on any atom is -0.302 e. The lowest BCUT2D eigenvalue weighted by Crippen LogP contribution is -2.11. The number of benzene rings is 1. The first-order valence-electron chi connectivity index (χ1n) is 7.98. The largest absolute Gasteiger partial charge is 0.302 e. The molecule has 0 saturated carbocycles. The Morgan fingerprint density at radius 3 is 2.80 bits per heavy atom. The van der Waals surface area contributed by atoms with Crippen molar-refractivity contribution in [1.29, 1.82) is 0 Å². The maximum absolute atomic E-state index is 12.1. The van der Waals surface area contributed by atoms with Gasteiger partial charge in [0.05, 0.1) is 5.69 Å². The number of carbonyl (C=O) groups is 1. The number of anilines is 1. The van der Waals surface area contributed by atoms with Gasteiger partial charge in [0, 0.05) is 28.6 Å². The van der Waals surface area contributed by atoms with Crippen molar-refractivity contribution in [3.8, 4) is 11.4 Å². The Bertz CT molecular complexity index is 862. The average molecular weight is 370 g/mol. The molecule has 0 aliphatic carbocycles. The standard InChI is InChI=1S/C19H19N3OS2/c1-13-6-7-15(11-14(13)2)24-10-8-18(23)22-19-21-17(12-25-19)16-5-3-4-9-20-16/h3-7,9,11-12H,8,10H2,1-2H3,(H,21,22,23). The number of thiazole rings is 1. The van der Waals surface area contributed by atoms with Gasteiger partial charge in [0.2, 0.25) is 5.91 Å². The van der Waals surface area contributed by atoms with Crippen LogP contribution in [0.4, 0.5) is 5.13 Å². The molecule has 2 heterocycles. The van der Waals surface area contributed by atoms with E-state index in [-0.39, 0.29) is 5.91 Å². The number of aromatic nitrogens is 2. The Labute approximate surface area is 155 Å². The summed E-state index contributed by atoms with van der Waals surface area (Å²) in [4.78, 5) is 22.0. The second-order valence-electron chi connectivity index (χ2n) is 5.65. The van der Waals surface area contributed by atoms with Crippen molar-refractivity contribution in [2.75, 3.05) is 11.1 Å². The predicted octanol–water partition coefficient (Wildman–Crippen LogP) is 4.94. The third-order valence-corrected chi connectivity index (χ3v) is 5.51. The molecule has 0 aliphatic rings. The molecular formula is C19H19N3OS2. The van der Waals surface area contributed by atoms with Crippen LogP contribution >= 0.6 is 23.1 Å². The molecule has 3 aromatic rings. The smallest absolute Gasteiger partial charge is 0.226 e. The second-order valence-corrected chi connectivity index (χ2v) is 7.67. The average Bonchev–Trinajstić information content (AvgIpc) is 3.07. The Morgan fingerprint density at radius 1 is 1.16 bits per heavy atom. The van der Waals surface area contributed by atoms with Crippen LogP contribution in [0.3, 0.4) is 0 Å². The lowest BCUT2D eigenvalue weighted by atomic mass is 10.1. The summed E-state index contributed by atoms with van der Waals surface area (Å²) in [5.41, 5.74) is 4.16. The van der Waals surface area contributed by atoms with E-state index in [1.54, 1.807) is 18.0 Å². The van der Waals surface area contributed by atoms with Gasteiger partial charge < -0.3 is 5.32 Å². The zero-order chi connectivity index (χ0) is 17.6. The van der Waals surface area contributed by atoms with Gasteiger partial charge >= 0.3 is 0 Å². The molecule has 0 radical (unpaired) electrons. The summed E-state index contributed by atoms with van der Waals surface area (Å²) in [6, 6.07) is 12.1. The molecule has 1 aromatic carbocycles. The van der Waals surface area contributed by atoms with Crippen LogP contribution in [-0.2, 0) is 4.79 Å². The highest BCUT2D eigenvalue weighted by Gasteiger charge is 2.09. The van der Waals surface area contributed by atoms with Gasteiger partial charge in [0.1, 0.15) is 5.69 Å². The normalized spacial score (nSPS) is 10.6. The van der Waals surface area contributed by atoms with Crippen LogP contribution in [0.2, 0.25) is 0 Å². The van der Waals surface area contributed by atoms with Gasteiger partial charge in [-0.15, -0.1) is 23.1 Å². The van der Waals surface area contributed by atoms with E-state index in [9.17, 15) is 4.79 Å². The summed E-state index contributed by atoms with van der Waals surface area (Å²) in [7, 11) is 0. The number of nitrogens with one attached hydrogen (secondary N) is 1. The van der Waals surface area contributed by atoms with E-state index in [2.05, 4.69) is 47.3 Å². The number of thioether (sulfide) groups is 1. The van der Waals surface area contributed by atoms with Gasteiger partial charge in [-0.3, -0.25) is 9.78 Å². The molecule has 1 amide bonds. The Kier molecular flexibility index (Phi) is 5.83. The molecule has 0 unspecified atom stereocenters. The number of hydrogen-bond donors (Lipinski definition) is 1. The highest BCUT2D eigenvalue weighted by Crippen LogP contribution is 2.24. The topological polar surface area (TPSA) is 54.9 Å². The summed E-state index contributed by atoms with van der Waals surface area (Å²) in [5.74, 6) is 0.727. The first-order chi connectivity index (χ1) is 12.1. The van der Waals surface area contributed by atoms with Gasteiger partial charge in [-0.2, -0.15) is 0 Å².